The zero-order valence-electron chi connectivity index (χ0n) is 12.1. The lowest BCUT2D eigenvalue weighted by molar-refractivity contribution is 0.0951. The number of pyridine rings is 1. The monoisotopic (exact) mass is 276 g/mol. The molecule has 2 rings (SSSR count). The second-order valence-corrected chi connectivity index (χ2v) is 5.22. The van der Waals surface area contributed by atoms with Crippen LogP contribution in [0.1, 0.15) is 36.7 Å². The SMILES string of the molecule is CCNC(=O)c1cc(NCCC2CCCNC2)ccn1. The molecule has 110 valence electrons. The Morgan fingerprint density at radius 1 is 1.55 bits per heavy atom. The molecule has 5 nitrogen and oxygen atoms in total. The minimum atomic E-state index is -0.118. The Kier molecular flexibility index (Phi) is 5.80. The summed E-state index contributed by atoms with van der Waals surface area (Å²) in [6.45, 7) is 5.74. The Morgan fingerprint density at radius 3 is 3.20 bits per heavy atom. The van der Waals surface area contributed by atoms with Crippen LogP contribution in [0, 0.1) is 5.92 Å². The molecule has 0 aromatic carbocycles. The van der Waals surface area contributed by atoms with Crippen LogP contribution in [0.4, 0.5) is 5.69 Å². The zero-order chi connectivity index (χ0) is 14.2. The van der Waals surface area contributed by atoms with Crippen molar-refractivity contribution in [2.45, 2.75) is 26.2 Å². The molecule has 1 saturated heterocycles. The number of carbonyl (C=O) groups is 1. The largest absolute Gasteiger partial charge is 0.385 e. The molecule has 1 unspecified atom stereocenters. The molecule has 0 radical (unpaired) electrons. The third-order valence-electron chi connectivity index (χ3n) is 3.61. The van der Waals surface area contributed by atoms with Crippen LogP contribution in [0.15, 0.2) is 18.3 Å². The summed E-state index contributed by atoms with van der Waals surface area (Å²) < 4.78 is 0. The molecule has 2 heterocycles. The van der Waals surface area contributed by atoms with Crippen LogP contribution < -0.4 is 16.0 Å². The van der Waals surface area contributed by atoms with E-state index < -0.39 is 0 Å². The van der Waals surface area contributed by atoms with E-state index in [0.717, 1.165) is 37.7 Å². The van der Waals surface area contributed by atoms with E-state index in [1.807, 2.05) is 19.1 Å². The van der Waals surface area contributed by atoms with Gasteiger partial charge in [-0.15, -0.1) is 0 Å². The number of amides is 1. The highest BCUT2D eigenvalue weighted by Crippen LogP contribution is 2.15. The maximum absolute atomic E-state index is 11.7. The van der Waals surface area contributed by atoms with Crippen molar-refractivity contribution >= 4 is 11.6 Å². The fraction of sp³-hybridized carbons (Fsp3) is 0.600. The first-order chi connectivity index (χ1) is 9.79. The van der Waals surface area contributed by atoms with Gasteiger partial charge in [-0.25, -0.2) is 0 Å². The molecule has 3 N–H and O–H groups in total. The van der Waals surface area contributed by atoms with Crippen molar-refractivity contribution in [3.63, 3.8) is 0 Å². The average molecular weight is 276 g/mol. The first-order valence-corrected chi connectivity index (χ1v) is 7.48. The molecule has 5 heteroatoms. The highest BCUT2D eigenvalue weighted by Gasteiger charge is 2.12. The van der Waals surface area contributed by atoms with Crippen LogP contribution in [0.25, 0.3) is 0 Å². The Bertz CT molecular complexity index is 430. The number of hydrogen-bond acceptors (Lipinski definition) is 4. The smallest absolute Gasteiger partial charge is 0.269 e. The van der Waals surface area contributed by atoms with Gasteiger partial charge in [0.2, 0.25) is 0 Å². The Hall–Kier alpha value is -1.62. The number of piperidine rings is 1. The maximum Gasteiger partial charge on any atom is 0.269 e. The predicted molar refractivity (Wildman–Crippen MR) is 80.9 cm³/mol. The molecule has 0 spiro atoms. The van der Waals surface area contributed by atoms with E-state index in [2.05, 4.69) is 20.9 Å². The molecule has 1 atom stereocenters. The van der Waals surface area contributed by atoms with Gasteiger partial charge < -0.3 is 16.0 Å². The fourth-order valence-electron chi connectivity index (χ4n) is 2.51. The van der Waals surface area contributed by atoms with Crippen LogP contribution in [0.2, 0.25) is 0 Å². The number of rotatable bonds is 6. The van der Waals surface area contributed by atoms with Crippen LogP contribution in [0.3, 0.4) is 0 Å². The summed E-state index contributed by atoms with van der Waals surface area (Å²) in [6, 6.07) is 3.71. The molecular weight excluding hydrogens is 252 g/mol. The summed E-state index contributed by atoms with van der Waals surface area (Å²) in [5.41, 5.74) is 1.43. The van der Waals surface area contributed by atoms with Crippen molar-refractivity contribution in [2.75, 3.05) is 31.5 Å². The van der Waals surface area contributed by atoms with Gasteiger partial charge in [0.15, 0.2) is 0 Å². The molecule has 1 fully saturated rings. The molecule has 1 aromatic heterocycles. The molecule has 0 saturated carbocycles. The molecular formula is C15H24N4O. The molecule has 1 amide bonds. The van der Waals surface area contributed by atoms with Gasteiger partial charge in [-0.3, -0.25) is 9.78 Å². The summed E-state index contributed by atoms with van der Waals surface area (Å²) in [5, 5.41) is 9.57. The molecule has 1 aromatic rings. The van der Waals surface area contributed by atoms with Crippen LogP contribution in [0.5, 0.6) is 0 Å². The van der Waals surface area contributed by atoms with E-state index in [0.29, 0.717) is 12.2 Å². The van der Waals surface area contributed by atoms with E-state index in [9.17, 15) is 4.79 Å². The van der Waals surface area contributed by atoms with Gasteiger partial charge >= 0.3 is 0 Å². The lowest BCUT2D eigenvalue weighted by atomic mass is 9.96. The van der Waals surface area contributed by atoms with E-state index in [-0.39, 0.29) is 5.91 Å². The van der Waals surface area contributed by atoms with Crippen LogP contribution in [-0.4, -0.2) is 37.1 Å². The number of aromatic nitrogens is 1. The second kappa shape index (κ2) is 7.85. The summed E-state index contributed by atoms with van der Waals surface area (Å²) in [5.74, 6) is 0.647. The Morgan fingerprint density at radius 2 is 2.45 bits per heavy atom. The number of carbonyl (C=O) groups excluding carboxylic acids is 1. The first-order valence-electron chi connectivity index (χ1n) is 7.48. The van der Waals surface area contributed by atoms with Gasteiger partial charge in [0.25, 0.3) is 5.91 Å². The summed E-state index contributed by atoms with van der Waals surface area (Å²) >= 11 is 0. The summed E-state index contributed by atoms with van der Waals surface area (Å²) in [7, 11) is 0. The Labute approximate surface area is 120 Å². The van der Waals surface area contributed by atoms with Gasteiger partial charge in [-0.1, -0.05) is 0 Å². The summed E-state index contributed by atoms with van der Waals surface area (Å²) in [4.78, 5) is 15.8. The molecule has 20 heavy (non-hydrogen) atoms. The highest BCUT2D eigenvalue weighted by molar-refractivity contribution is 5.93. The molecule has 0 bridgehead atoms. The third kappa shape index (κ3) is 4.49. The topological polar surface area (TPSA) is 66.1 Å². The average Bonchev–Trinajstić information content (AvgIpc) is 2.49. The van der Waals surface area contributed by atoms with Gasteiger partial charge in [-0.2, -0.15) is 0 Å². The standard InChI is InChI=1S/C15H24N4O/c1-2-17-15(20)14-10-13(6-9-19-14)18-8-5-12-4-3-7-16-11-12/h6,9-10,12,16H,2-5,7-8,11H2,1H3,(H,17,20)(H,18,19). The van der Waals surface area contributed by atoms with Crippen LogP contribution in [-0.2, 0) is 0 Å². The number of hydrogen-bond donors (Lipinski definition) is 3. The molecule has 1 aliphatic heterocycles. The molecule has 0 aliphatic carbocycles. The normalized spacial score (nSPS) is 18.6. The van der Waals surface area contributed by atoms with Crippen molar-refractivity contribution in [1.29, 1.82) is 0 Å². The minimum absolute atomic E-state index is 0.118. The third-order valence-corrected chi connectivity index (χ3v) is 3.61. The Balaban J connectivity index is 1.80. The van der Waals surface area contributed by atoms with Crippen LogP contribution >= 0.6 is 0 Å². The van der Waals surface area contributed by atoms with E-state index in [1.54, 1.807) is 6.20 Å². The van der Waals surface area contributed by atoms with Crippen molar-refractivity contribution in [3.8, 4) is 0 Å². The lowest BCUT2D eigenvalue weighted by Gasteiger charge is -2.22. The van der Waals surface area contributed by atoms with E-state index >= 15 is 0 Å². The first kappa shape index (κ1) is 14.8. The summed E-state index contributed by atoms with van der Waals surface area (Å²) in [6.07, 6.45) is 5.43. The fourth-order valence-corrected chi connectivity index (χ4v) is 2.51. The van der Waals surface area contributed by atoms with Gasteiger partial charge in [0.05, 0.1) is 0 Å². The van der Waals surface area contributed by atoms with E-state index in [1.165, 1.54) is 12.8 Å². The van der Waals surface area contributed by atoms with Gasteiger partial charge in [0, 0.05) is 25.0 Å². The quantitative estimate of drug-likeness (QED) is 0.739. The van der Waals surface area contributed by atoms with Crippen molar-refractivity contribution < 1.29 is 4.79 Å². The predicted octanol–water partition coefficient (Wildman–Crippen LogP) is 1.63. The highest BCUT2D eigenvalue weighted by atomic mass is 16.1. The van der Waals surface area contributed by atoms with Crippen molar-refractivity contribution in [3.05, 3.63) is 24.0 Å². The van der Waals surface area contributed by atoms with E-state index in [4.69, 9.17) is 0 Å². The minimum Gasteiger partial charge on any atom is -0.385 e. The zero-order valence-corrected chi connectivity index (χ0v) is 12.1. The van der Waals surface area contributed by atoms with Crippen molar-refractivity contribution in [2.24, 2.45) is 5.92 Å². The number of nitrogens with one attached hydrogen (secondary N) is 3. The number of nitrogens with zero attached hydrogens (tertiary/aromatic N) is 1. The maximum atomic E-state index is 11.7. The number of anilines is 1. The lowest BCUT2D eigenvalue weighted by Crippen LogP contribution is -2.30. The second-order valence-electron chi connectivity index (χ2n) is 5.22. The van der Waals surface area contributed by atoms with Crippen molar-refractivity contribution in [1.82, 2.24) is 15.6 Å². The van der Waals surface area contributed by atoms with Gasteiger partial charge in [-0.05, 0) is 57.3 Å². The molecule has 1 aliphatic rings. The van der Waals surface area contributed by atoms with Gasteiger partial charge in [0.1, 0.15) is 5.69 Å².